The summed E-state index contributed by atoms with van der Waals surface area (Å²) in [7, 11) is 1.70. The van der Waals surface area contributed by atoms with Crippen LogP contribution in [-0.4, -0.2) is 21.2 Å². The first-order chi connectivity index (χ1) is 8.11. The molecule has 0 saturated heterocycles. The molecule has 0 aliphatic rings. The summed E-state index contributed by atoms with van der Waals surface area (Å²) in [5.41, 5.74) is 1.05. The van der Waals surface area contributed by atoms with Crippen LogP contribution in [-0.2, 0) is 7.05 Å². The number of nitrogens with zero attached hydrogens (tertiary/aromatic N) is 2. The van der Waals surface area contributed by atoms with Crippen molar-refractivity contribution in [2.24, 2.45) is 7.05 Å². The Hall–Kier alpha value is -2.30. The number of aldehydes is 1. The molecule has 0 radical (unpaired) electrons. The zero-order chi connectivity index (χ0) is 12.4. The van der Waals surface area contributed by atoms with Crippen molar-refractivity contribution < 1.29 is 14.6 Å². The number of aromatic nitrogens is 2. The van der Waals surface area contributed by atoms with Gasteiger partial charge in [0, 0.05) is 7.05 Å². The lowest BCUT2D eigenvalue weighted by molar-refractivity contribution is 0.112. The van der Waals surface area contributed by atoms with Gasteiger partial charge in [-0.15, -0.1) is 0 Å². The maximum absolute atomic E-state index is 10.9. The highest BCUT2D eigenvalue weighted by atomic mass is 16.5. The Morgan fingerprint density at radius 1 is 1.35 bits per heavy atom. The molecule has 0 bridgehead atoms. The molecule has 0 aliphatic carbocycles. The summed E-state index contributed by atoms with van der Waals surface area (Å²) in [6.07, 6.45) is 0.720. The fraction of sp³-hybridized carbons (Fsp3) is 0.167. The minimum Gasteiger partial charge on any atom is -0.508 e. The monoisotopic (exact) mass is 232 g/mol. The second-order valence-corrected chi connectivity index (χ2v) is 3.64. The van der Waals surface area contributed by atoms with E-state index in [0.29, 0.717) is 22.9 Å². The summed E-state index contributed by atoms with van der Waals surface area (Å²) in [5, 5.41) is 13.3. The molecule has 5 nitrogen and oxygen atoms in total. The molecule has 0 atom stereocenters. The molecule has 0 saturated carbocycles. The number of ether oxygens (including phenoxy) is 1. The van der Waals surface area contributed by atoms with Crippen LogP contribution in [0.25, 0.3) is 0 Å². The number of hydrogen-bond donors (Lipinski definition) is 1. The average molecular weight is 232 g/mol. The van der Waals surface area contributed by atoms with Crippen LogP contribution >= 0.6 is 0 Å². The highest BCUT2D eigenvalue weighted by molar-refractivity contribution is 5.80. The molecule has 88 valence electrons. The third-order valence-electron chi connectivity index (χ3n) is 2.38. The number of carbonyl (C=O) groups is 1. The minimum atomic E-state index is 0.161. The van der Waals surface area contributed by atoms with E-state index in [1.807, 2.05) is 0 Å². The molecule has 0 fully saturated rings. The van der Waals surface area contributed by atoms with Gasteiger partial charge in [0.15, 0.2) is 6.29 Å². The van der Waals surface area contributed by atoms with Crippen LogP contribution in [0.2, 0.25) is 0 Å². The normalized spacial score (nSPS) is 10.2. The summed E-state index contributed by atoms with van der Waals surface area (Å²) in [4.78, 5) is 10.9. The van der Waals surface area contributed by atoms with E-state index in [2.05, 4.69) is 5.10 Å². The quantitative estimate of drug-likeness (QED) is 0.822. The van der Waals surface area contributed by atoms with Crippen molar-refractivity contribution in [2.45, 2.75) is 6.92 Å². The van der Waals surface area contributed by atoms with Crippen molar-refractivity contribution in [1.82, 2.24) is 9.78 Å². The number of aryl methyl sites for hydroxylation is 2. The number of carbonyl (C=O) groups excluding carboxylic acids is 1. The Kier molecular flexibility index (Phi) is 2.82. The number of phenolic OH excluding ortho intramolecular Hbond substituents is 1. The lowest BCUT2D eigenvalue weighted by Gasteiger charge is -2.06. The van der Waals surface area contributed by atoms with E-state index in [0.717, 1.165) is 6.29 Å². The van der Waals surface area contributed by atoms with Crippen molar-refractivity contribution in [3.63, 3.8) is 0 Å². The first-order valence-electron chi connectivity index (χ1n) is 5.07. The third-order valence-corrected chi connectivity index (χ3v) is 2.38. The molecule has 1 heterocycles. The fourth-order valence-corrected chi connectivity index (χ4v) is 1.54. The van der Waals surface area contributed by atoms with Crippen LogP contribution < -0.4 is 4.74 Å². The topological polar surface area (TPSA) is 64.3 Å². The van der Waals surface area contributed by atoms with Gasteiger partial charge in [0.25, 0.3) is 0 Å². The number of phenols is 1. The molecule has 0 spiro atoms. The predicted molar refractivity (Wildman–Crippen MR) is 61.5 cm³/mol. The zero-order valence-corrected chi connectivity index (χ0v) is 9.54. The van der Waals surface area contributed by atoms with Gasteiger partial charge < -0.3 is 9.84 Å². The van der Waals surface area contributed by atoms with Crippen molar-refractivity contribution in [1.29, 1.82) is 0 Å². The highest BCUT2D eigenvalue weighted by Crippen LogP contribution is 2.26. The van der Waals surface area contributed by atoms with Gasteiger partial charge in [0.1, 0.15) is 11.5 Å². The van der Waals surface area contributed by atoms with E-state index in [9.17, 15) is 4.79 Å². The molecule has 1 aromatic carbocycles. The first-order valence-corrected chi connectivity index (χ1v) is 5.07. The van der Waals surface area contributed by atoms with Gasteiger partial charge in [0.05, 0.1) is 11.3 Å². The molecule has 1 aromatic heterocycles. The van der Waals surface area contributed by atoms with Crippen molar-refractivity contribution in [3.8, 4) is 17.4 Å². The fourth-order valence-electron chi connectivity index (χ4n) is 1.54. The van der Waals surface area contributed by atoms with Crippen LogP contribution in [0, 0.1) is 6.92 Å². The maximum Gasteiger partial charge on any atom is 0.228 e. The molecule has 5 heteroatoms. The number of aromatic hydroxyl groups is 1. The average Bonchev–Trinajstić information content (AvgIpc) is 2.57. The summed E-state index contributed by atoms with van der Waals surface area (Å²) >= 11 is 0. The van der Waals surface area contributed by atoms with Gasteiger partial charge in [0.2, 0.25) is 5.88 Å². The second-order valence-electron chi connectivity index (χ2n) is 3.64. The summed E-state index contributed by atoms with van der Waals surface area (Å²) < 4.78 is 7.07. The van der Waals surface area contributed by atoms with Gasteiger partial charge >= 0.3 is 0 Å². The van der Waals surface area contributed by atoms with E-state index in [4.69, 9.17) is 9.84 Å². The first kappa shape index (κ1) is 11.2. The van der Waals surface area contributed by atoms with Gasteiger partial charge in [-0.1, -0.05) is 0 Å². The van der Waals surface area contributed by atoms with Gasteiger partial charge in [-0.25, -0.2) is 4.68 Å². The van der Waals surface area contributed by atoms with Crippen LogP contribution in [0.4, 0.5) is 0 Å². The number of benzene rings is 1. The van der Waals surface area contributed by atoms with E-state index >= 15 is 0 Å². The third kappa shape index (κ3) is 2.13. The Bertz CT molecular complexity index is 544. The molecule has 0 unspecified atom stereocenters. The van der Waals surface area contributed by atoms with Crippen molar-refractivity contribution >= 4 is 6.29 Å². The summed E-state index contributed by atoms with van der Waals surface area (Å²) in [6, 6.07) is 6.26. The maximum atomic E-state index is 10.9. The van der Waals surface area contributed by atoms with Crippen LogP contribution in [0.5, 0.6) is 17.4 Å². The molecule has 0 aliphatic heterocycles. The lowest BCUT2D eigenvalue weighted by atomic mass is 10.3. The molecule has 2 aromatic rings. The zero-order valence-electron chi connectivity index (χ0n) is 9.54. The Morgan fingerprint density at radius 2 is 2.00 bits per heavy atom. The standard InChI is InChI=1S/C12H12N2O3/c1-8-11(7-15)12(14(2)13-8)17-10-5-3-9(16)4-6-10/h3-7,16H,1-2H3. The minimum absolute atomic E-state index is 0.161. The molecule has 1 N–H and O–H groups in total. The lowest BCUT2D eigenvalue weighted by Crippen LogP contribution is -1.96. The molecular formula is C12H12N2O3. The van der Waals surface area contributed by atoms with Crippen LogP contribution in [0.15, 0.2) is 24.3 Å². The molecular weight excluding hydrogens is 220 g/mol. The molecule has 0 amide bonds. The summed E-state index contributed by atoms with van der Waals surface area (Å²) in [5.74, 6) is 1.09. The molecule has 2 rings (SSSR count). The van der Waals surface area contributed by atoms with Gasteiger partial charge in [-0.05, 0) is 31.2 Å². The van der Waals surface area contributed by atoms with Crippen molar-refractivity contribution in [3.05, 3.63) is 35.5 Å². The Morgan fingerprint density at radius 3 is 2.59 bits per heavy atom. The van der Waals surface area contributed by atoms with E-state index in [1.54, 1.807) is 26.1 Å². The smallest absolute Gasteiger partial charge is 0.228 e. The van der Waals surface area contributed by atoms with E-state index < -0.39 is 0 Å². The summed E-state index contributed by atoms with van der Waals surface area (Å²) in [6.45, 7) is 1.74. The molecule has 17 heavy (non-hydrogen) atoms. The number of hydrogen-bond acceptors (Lipinski definition) is 4. The number of rotatable bonds is 3. The Labute approximate surface area is 98.3 Å². The van der Waals surface area contributed by atoms with Crippen molar-refractivity contribution in [2.75, 3.05) is 0 Å². The van der Waals surface area contributed by atoms with Crippen LogP contribution in [0.1, 0.15) is 16.1 Å². The van der Waals surface area contributed by atoms with Gasteiger partial charge in [-0.3, -0.25) is 4.79 Å². The largest absolute Gasteiger partial charge is 0.508 e. The second kappa shape index (κ2) is 4.29. The van der Waals surface area contributed by atoms with E-state index in [1.165, 1.54) is 16.8 Å². The van der Waals surface area contributed by atoms with E-state index in [-0.39, 0.29) is 5.75 Å². The highest BCUT2D eigenvalue weighted by Gasteiger charge is 2.14. The Balaban J connectivity index is 2.35. The SMILES string of the molecule is Cc1nn(C)c(Oc2ccc(O)cc2)c1C=O. The van der Waals surface area contributed by atoms with Crippen LogP contribution in [0.3, 0.4) is 0 Å². The predicted octanol–water partition coefficient (Wildman–Crippen LogP) is 2.04. The van der Waals surface area contributed by atoms with Gasteiger partial charge in [-0.2, -0.15) is 5.10 Å².